The Kier molecular flexibility index (Phi) is 6.09. The van der Waals surface area contributed by atoms with E-state index in [0.717, 1.165) is 0 Å². The fourth-order valence-electron chi connectivity index (χ4n) is 1.44. The van der Waals surface area contributed by atoms with Crippen LogP contribution >= 0.6 is 31.9 Å². The van der Waals surface area contributed by atoms with Gasteiger partial charge in [0.05, 0.1) is 17.7 Å². The maximum Gasteiger partial charge on any atom is 0.318 e. The summed E-state index contributed by atoms with van der Waals surface area (Å²) in [6.07, 6.45) is 0. The van der Waals surface area contributed by atoms with Crippen LogP contribution < -0.4 is 10.1 Å². The summed E-state index contributed by atoms with van der Waals surface area (Å²) >= 11 is 5.79. The Morgan fingerprint density at radius 1 is 1.38 bits per heavy atom. The van der Waals surface area contributed by atoms with E-state index in [9.17, 15) is 19.7 Å². The summed E-state index contributed by atoms with van der Waals surface area (Å²) in [7, 11) is 1.23. The molecule has 21 heavy (non-hydrogen) atoms. The molecule has 0 aliphatic heterocycles. The Balaban J connectivity index is 3.03. The van der Waals surface area contributed by atoms with Gasteiger partial charge in [-0.3, -0.25) is 19.7 Å². The molecule has 0 bridgehead atoms. The number of ether oxygens (including phenoxy) is 1. The molecule has 0 spiro atoms. The number of carboxylic acids is 1. The number of rotatable bonds is 6. The summed E-state index contributed by atoms with van der Waals surface area (Å²) < 4.78 is 4.93. The zero-order valence-electron chi connectivity index (χ0n) is 10.6. The average molecular weight is 426 g/mol. The van der Waals surface area contributed by atoms with Crippen molar-refractivity contribution in [3.05, 3.63) is 28.3 Å². The quantitative estimate of drug-likeness (QED) is 0.409. The molecule has 2 atom stereocenters. The predicted molar refractivity (Wildman–Crippen MR) is 81.3 cm³/mol. The third kappa shape index (κ3) is 4.14. The second-order valence-corrected chi connectivity index (χ2v) is 5.72. The first-order valence-electron chi connectivity index (χ1n) is 5.42. The Morgan fingerprint density at radius 2 is 2.00 bits per heavy atom. The molecule has 2 N–H and O–H groups in total. The number of halogens is 2. The van der Waals surface area contributed by atoms with Crippen molar-refractivity contribution < 1.29 is 24.4 Å². The van der Waals surface area contributed by atoms with Crippen LogP contribution in [0.2, 0.25) is 0 Å². The van der Waals surface area contributed by atoms with Crippen LogP contribution in [-0.4, -0.2) is 38.7 Å². The highest BCUT2D eigenvalue weighted by Crippen LogP contribution is 2.34. The number of hydrogen-bond acceptors (Lipinski definition) is 5. The molecule has 1 rings (SSSR count). The molecule has 0 radical (unpaired) electrons. The molecular weight excluding hydrogens is 416 g/mol. The molecule has 0 saturated heterocycles. The topological polar surface area (TPSA) is 119 Å². The van der Waals surface area contributed by atoms with Gasteiger partial charge in [-0.2, -0.15) is 0 Å². The Hall–Kier alpha value is -1.68. The summed E-state index contributed by atoms with van der Waals surface area (Å²) in [5.74, 6) is -2.02. The smallest absolute Gasteiger partial charge is 0.318 e. The van der Waals surface area contributed by atoms with Gasteiger partial charge in [0, 0.05) is 6.07 Å². The van der Waals surface area contributed by atoms with Crippen molar-refractivity contribution in [1.29, 1.82) is 0 Å². The standard InChI is InChI=1S/C11H10Br2N2O6/c1-21-9-5(3-2-4-6(9)15(19)20)14-10(16)7(12)8(13)11(17)18/h2-4,7-8H,1H3,(H,14,16)(H,17,18)/t7-,8+/m0/s1. The van der Waals surface area contributed by atoms with Crippen LogP contribution in [0.15, 0.2) is 18.2 Å². The van der Waals surface area contributed by atoms with Crippen LogP contribution in [-0.2, 0) is 9.59 Å². The van der Waals surface area contributed by atoms with Gasteiger partial charge in [-0.25, -0.2) is 0 Å². The van der Waals surface area contributed by atoms with E-state index in [1.807, 2.05) is 0 Å². The highest BCUT2D eigenvalue weighted by atomic mass is 79.9. The molecular formula is C11H10Br2N2O6. The summed E-state index contributed by atoms with van der Waals surface area (Å²) in [4.78, 5) is 30.7. The molecule has 10 heteroatoms. The van der Waals surface area contributed by atoms with E-state index in [0.29, 0.717) is 0 Å². The molecule has 0 fully saturated rings. The Morgan fingerprint density at radius 3 is 2.48 bits per heavy atom. The number of carboxylic acid groups (broad SMARTS) is 1. The van der Waals surface area contributed by atoms with Gasteiger partial charge in [-0.05, 0) is 6.07 Å². The lowest BCUT2D eigenvalue weighted by Gasteiger charge is -2.15. The number of alkyl halides is 2. The van der Waals surface area contributed by atoms with Crippen LogP contribution in [0.1, 0.15) is 0 Å². The van der Waals surface area contributed by atoms with Crippen LogP contribution in [0, 0.1) is 10.1 Å². The third-order valence-electron chi connectivity index (χ3n) is 2.40. The minimum absolute atomic E-state index is 0.0752. The van der Waals surface area contributed by atoms with Crippen molar-refractivity contribution >= 4 is 55.1 Å². The van der Waals surface area contributed by atoms with Crippen molar-refractivity contribution in [3.63, 3.8) is 0 Å². The molecule has 0 aromatic heterocycles. The van der Waals surface area contributed by atoms with E-state index >= 15 is 0 Å². The number of methoxy groups -OCH3 is 1. The number of nitrogens with one attached hydrogen (secondary N) is 1. The second-order valence-electron chi connectivity index (χ2n) is 3.75. The van der Waals surface area contributed by atoms with Gasteiger partial charge in [-0.1, -0.05) is 37.9 Å². The molecule has 0 saturated carbocycles. The maximum absolute atomic E-state index is 11.9. The minimum Gasteiger partial charge on any atom is -0.489 e. The van der Waals surface area contributed by atoms with Crippen LogP contribution in [0.3, 0.4) is 0 Å². The monoisotopic (exact) mass is 424 g/mol. The molecule has 0 aliphatic rings. The largest absolute Gasteiger partial charge is 0.489 e. The number of hydrogen-bond donors (Lipinski definition) is 2. The first-order chi connectivity index (χ1) is 9.79. The molecule has 0 aliphatic carbocycles. The number of carbonyl (C=O) groups excluding carboxylic acids is 1. The number of aliphatic carboxylic acids is 1. The molecule has 8 nitrogen and oxygen atoms in total. The van der Waals surface area contributed by atoms with Gasteiger partial charge in [0.25, 0.3) is 0 Å². The van der Waals surface area contributed by atoms with Crippen LogP contribution in [0.4, 0.5) is 11.4 Å². The molecule has 1 amide bonds. The first-order valence-corrected chi connectivity index (χ1v) is 7.26. The SMILES string of the molecule is COc1c(NC(=O)[C@@H](Br)[C@@H](Br)C(=O)O)cccc1[N+](=O)[O-]. The van der Waals surface area contributed by atoms with Crippen molar-refractivity contribution in [2.45, 2.75) is 9.65 Å². The van der Waals surface area contributed by atoms with Crippen molar-refractivity contribution in [3.8, 4) is 5.75 Å². The lowest BCUT2D eigenvalue weighted by molar-refractivity contribution is -0.385. The fraction of sp³-hybridized carbons (Fsp3) is 0.273. The lowest BCUT2D eigenvalue weighted by atomic mass is 10.2. The summed E-state index contributed by atoms with van der Waals surface area (Å²) in [5.41, 5.74) is -0.235. The number of carbonyl (C=O) groups is 2. The Labute approximate surface area is 135 Å². The predicted octanol–water partition coefficient (Wildman–Crippen LogP) is 2.15. The van der Waals surface area contributed by atoms with Gasteiger partial charge in [-0.15, -0.1) is 0 Å². The van der Waals surface area contributed by atoms with Gasteiger partial charge >= 0.3 is 11.7 Å². The molecule has 0 unspecified atom stereocenters. The average Bonchev–Trinajstić information content (AvgIpc) is 2.44. The Bertz CT molecular complexity index is 580. The summed E-state index contributed by atoms with van der Waals surface area (Å²) in [6.45, 7) is 0. The maximum atomic E-state index is 11.9. The number of nitro benzene ring substituents is 1. The van der Waals surface area contributed by atoms with Crippen molar-refractivity contribution in [1.82, 2.24) is 0 Å². The zero-order valence-corrected chi connectivity index (χ0v) is 13.8. The van der Waals surface area contributed by atoms with Crippen molar-refractivity contribution in [2.75, 3.05) is 12.4 Å². The molecule has 1 aromatic rings. The highest BCUT2D eigenvalue weighted by molar-refractivity contribution is 9.12. The normalized spacial score (nSPS) is 13.1. The number of benzene rings is 1. The number of anilines is 1. The van der Waals surface area contributed by atoms with Gasteiger partial charge in [0.2, 0.25) is 11.7 Å². The van der Waals surface area contributed by atoms with E-state index in [1.165, 1.54) is 25.3 Å². The van der Waals surface area contributed by atoms with Gasteiger partial charge in [0.15, 0.2) is 0 Å². The second kappa shape index (κ2) is 7.36. The number of para-hydroxylation sites is 1. The van der Waals surface area contributed by atoms with Crippen molar-refractivity contribution in [2.24, 2.45) is 0 Å². The molecule has 0 heterocycles. The van der Waals surface area contributed by atoms with E-state index in [1.54, 1.807) is 0 Å². The number of nitro groups is 1. The number of nitrogens with zero attached hydrogens (tertiary/aromatic N) is 1. The van der Waals surface area contributed by atoms with E-state index in [-0.39, 0.29) is 17.1 Å². The molecule has 1 aromatic carbocycles. The van der Waals surface area contributed by atoms with Gasteiger partial charge in [0.1, 0.15) is 9.65 Å². The van der Waals surface area contributed by atoms with Gasteiger partial charge < -0.3 is 15.2 Å². The zero-order chi connectivity index (χ0) is 16.2. The van der Waals surface area contributed by atoms with E-state index in [2.05, 4.69) is 37.2 Å². The van der Waals surface area contributed by atoms with E-state index < -0.39 is 26.5 Å². The third-order valence-corrected chi connectivity index (χ3v) is 4.97. The first kappa shape index (κ1) is 17.4. The fourth-order valence-corrected chi connectivity index (χ4v) is 2.02. The highest BCUT2D eigenvalue weighted by Gasteiger charge is 2.30. The summed E-state index contributed by atoms with van der Waals surface area (Å²) in [6, 6.07) is 4.01. The van der Waals surface area contributed by atoms with E-state index in [4.69, 9.17) is 9.84 Å². The van der Waals surface area contributed by atoms with Crippen LogP contribution in [0.5, 0.6) is 5.75 Å². The summed E-state index contributed by atoms with van der Waals surface area (Å²) in [5, 5.41) is 22.1. The van der Waals surface area contributed by atoms with Crippen LogP contribution in [0.25, 0.3) is 0 Å². The minimum atomic E-state index is -1.22. The lowest BCUT2D eigenvalue weighted by Crippen LogP contribution is -2.34. The molecule has 114 valence electrons. The number of amides is 1.